The smallest absolute Gasteiger partial charge is 0.374 e. The van der Waals surface area contributed by atoms with Crippen LogP contribution < -0.4 is 0 Å². The highest BCUT2D eigenvalue weighted by atomic mass is 28.4. The van der Waals surface area contributed by atoms with Crippen LogP contribution in [-0.4, -0.2) is 28.6 Å². The minimum atomic E-state index is -2.45. The second kappa shape index (κ2) is 8.04. The molecule has 0 fully saturated rings. The fraction of sp³-hybridized carbons (Fsp3) is 0.818. The molecule has 0 aromatic heterocycles. The van der Waals surface area contributed by atoms with E-state index in [-0.39, 0.29) is 0 Å². The topological polar surface area (TPSA) is 27.7 Å². The van der Waals surface area contributed by atoms with Crippen LogP contribution in [0.25, 0.3) is 0 Å². The lowest BCUT2D eigenvalue weighted by Crippen LogP contribution is -2.47. The summed E-state index contributed by atoms with van der Waals surface area (Å²) in [6.07, 6.45) is 1.92. The monoisotopic (exact) mass is 232 g/mol. The van der Waals surface area contributed by atoms with Crippen molar-refractivity contribution in [3.05, 3.63) is 12.7 Å². The molecule has 90 valence electrons. The Labute approximate surface area is 94.8 Å². The SMILES string of the molecule is C=CC(C)C[Si](OCC)(OCC)OCC. The minimum Gasteiger partial charge on any atom is -0.374 e. The van der Waals surface area contributed by atoms with Crippen LogP contribution in [-0.2, 0) is 13.3 Å². The first-order valence-corrected chi connectivity index (χ1v) is 7.61. The van der Waals surface area contributed by atoms with Gasteiger partial charge >= 0.3 is 8.80 Å². The summed E-state index contributed by atoms with van der Waals surface area (Å²) in [6, 6.07) is 0.812. The third-order valence-electron chi connectivity index (χ3n) is 2.07. The minimum absolute atomic E-state index is 0.362. The molecule has 0 saturated heterocycles. The molecule has 0 N–H and O–H groups in total. The molecule has 0 aliphatic carbocycles. The zero-order valence-electron chi connectivity index (χ0n) is 10.4. The van der Waals surface area contributed by atoms with Gasteiger partial charge in [-0.1, -0.05) is 13.0 Å². The van der Waals surface area contributed by atoms with Crippen molar-refractivity contribution in [2.45, 2.75) is 33.7 Å². The molecule has 0 aromatic carbocycles. The van der Waals surface area contributed by atoms with Gasteiger partial charge in [0.25, 0.3) is 0 Å². The summed E-state index contributed by atoms with van der Waals surface area (Å²) in [7, 11) is -2.45. The predicted molar refractivity (Wildman–Crippen MR) is 64.8 cm³/mol. The first-order valence-electron chi connectivity index (χ1n) is 5.68. The van der Waals surface area contributed by atoms with E-state index in [1.54, 1.807) is 0 Å². The average molecular weight is 232 g/mol. The van der Waals surface area contributed by atoms with Gasteiger partial charge < -0.3 is 13.3 Å². The molecular weight excluding hydrogens is 208 g/mol. The molecule has 0 bridgehead atoms. The van der Waals surface area contributed by atoms with E-state index < -0.39 is 8.80 Å². The summed E-state index contributed by atoms with van der Waals surface area (Å²) in [5, 5.41) is 0. The maximum Gasteiger partial charge on any atom is 0.501 e. The van der Waals surface area contributed by atoms with Crippen LogP contribution in [0.2, 0.25) is 6.04 Å². The molecule has 3 nitrogen and oxygen atoms in total. The molecule has 0 rings (SSSR count). The van der Waals surface area contributed by atoms with Gasteiger partial charge in [-0.15, -0.1) is 6.58 Å². The quantitative estimate of drug-likeness (QED) is 0.452. The third-order valence-corrected chi connectivity index (χ3v) is 5.40. The van der Waals surface area contributed by atoms with E-state index in [4.69, 9.17) is 13.3 Å². The summed E-state index contributed by atoms with van der Waals surface area (Å²) in [6.45, 7) is 13.7. The summed E-state index contributed by atoms with van der Waals surface area (Å²) in [4.78, 5) is 0. The Balaban J connectivity index is 4.51. The second-order valence-electron chi connectivity index (χ2n) is 3.40. The number of hydrogen-bond donors (Lipinski definition) is 0. The maximum absolute atomic E-state index is 5.73. The molecule has 1 atom stereocenters. The lowest BCUT2D eigenvalue weighted by atomic mass is 10.2. The van der Waals surface area contributed by atoms with Gasteiger partial charge in [0.1, 0.15) is 0 Å². The fourth-order valence-corrected chi connectivity index (χ4v) is 4.32. The Morgan fingerprint density at radius 2 is 1.47 bits per heavy atom. The van der Waals surface area contributed by atoms with Crippen molar-refractivity contribution >= 4 is 8.80 Å². The molecule has 0 aliphatic rings. The molecule has 0 aliphatic heterocycles. The second-order valence-corrected chi connectivity index (χ2v) is 6.04. The van der Waals surface area contributed by atoms with Crippen LogP contribution in [0.1, 0.15) is 27.7 Å². The Bertz CT molecular complexity index is 156. The normalized spacial score (nSPS) is 13.9. The number of hydrogen-bond acceptors (Lipinski definition) is 3. The summed E-state index contributed by atoms with van der Waals surface area (Å²) >= 11 is 0. The van der Waals surface area contributed by atoms with Gasteiger partial charge in [0, 0.05) is 25.9 Å². The lowest BCUT2D eigenvalue weighted by molar-refractivity contribution is 0.0691. The van der Waals surface area contributed by atoms with Crippen molar-refractivity contribution in [2.75, 3.05) is 19.8 Å². The summed E-state index contributed by atoms with van der Waals surface area (Å²) < 4.78 is 17.2. The zero-order chi connectivity index (χ0) is 11.7. The van der Waals surface area contributed by atoms with Gasteiger partial charge in [-0.05, 0) is 26.7 Å². The molecule has 4 heteroatoms. The molecule has 0 saturated carbocycles. The lowest BCUT2D eigenvalue weighted by Gasteiger charge is -2.29. The molecule has 0 heterocycles. The molecule has 15 heavy (non-hydrogen) atoms. The van der Waals surface area contributed by atoms with Crippen molar-refractivity contribution in [2.24, 2.45) is 5.92 Å². The number of rotatable bonds is 9. The Hall–Kier alpha value is -0.163. The maximum atomic E-state index is 5.73. The first-order chi connectivity index (χ1) is 7.14. The third kappa shape index (κ3) is 5.46. The van der Waals surface area contributed by atoms with Crippen molar-refractivity contribution < 1.29 is 13.3 Å². The highest BCUT2D eigenvalue weighted by Crippen LogP contribution is 2.21. The zero-order valence-corrected chi connectivity index (χ0v) is 11.4. The first kappa shape index (κ1) is 14.8. The highest BCUT2D eigenvalue weighted by Gasteiger charge is 2.41. The molecule has 0 amide bonds. The Morgan fingerprint density at radius 1 is 1.07 bits per heavy atom. The van der Waals surface area contributed by atoms with Crippen LogP contribution in [0.3, 0.4) is 0 Å². The van der Waals surface area contributed by atoms with Crippen LogP contribution >= 0.6 is 0 Å². The van der Waals surface area contributed by atoms with Gasteiger partial charge in [-0.2, -0.15) is 0 Å². The van der Waals surface area contributed by atoms with Crippen LogP contribution in [0.15, 0.2) is 12.7 Å². The predicted octanol–water partition coefficient (Wildman–Crippen LogP) is 2.86. The van der Waals surface area contributed by atoms with Crippen LogP contribution in [0, 0.1) is 5.92 Å². The van der Waals surface area contributed by atoms with Crippen molar-refractivity contribution in [3.63, 3.8) is 0 Å². The van der Waals surface area contributed by atoms with E-state index in [0.29, 0.717) is 25.7 Å². The average Bonchev–Trinajstić information content (AvgIpc) is 2.18. The van der Waals surface area contributed by atoms with E-state index >= 15 is 0 Å². The van der Waals surface area contributed by atoms with Gasteiger partial charge in [0.15, 0.2) is 0 Å². The summed E-state index contributed by atoms with van der Waals surface area (Å²) in [5.41, 5.74) is 0. The Morgan fingerprint density at radius 3 is 1.73 bits per heavy atom. The van der Waals surface area contributed by atoms with Crippen LogP contribution in [0.4, 0.5) is 0 Å². The molecular formula is C11H24O3Si. The standard InChI is InChI=1S/C11H24O3Si/c1-6-11(5)10-15(12-7-2,13-8-3)14-9-4/h6,11H,1,7-10H2,2-5H3. The largest absolute Gasteiger partial charge is 0.501 e. The highest BCUT2D eigenvalue weighted by molar-refractivity contribution is 6.60. The fourth-order valence-electron chi connectivity index (χ4n) is 1.44. The van der Waals surface area contributed by atoms with Crippen molar-refractivity contribution in [3.8, 4) is 0 Å². The van der Waals surface area contributed by atoms with Crippen molar-refractivity contribution in [1.82, 2.24) is 0 Å². The van der Waals surface area contributed by atoms with E-state index in [1.807, 2.05) is 26.8 Å². The molecule has 1 unspecified atom stereocenters. The molecule has 0 spiro atoms. The van der Waals surface area contributed by atoms with Gasteiger partial charge in [-0.3, -0.25) is 0 Å². The summed E-state index contributed by atoms with van der Waals surface area (Å²) in [5.74, 6) is 0.362. The Kier molecular flexibility index (Phi) is 7.96. The van der Waals surface area contributed by atoms with E-state index in [2.05, 4.69) is 13.5 Å². The van der Waals surface area contributed by atoms with Crippen molar-refractivity contribution in [1.29, 1.82) is 0 Å². The van der Waals surface area contributed by atoms with E-state index in [0.717, 1.165) is 6.04 Å². The van der Waals surface area contributed by atoms with Crippen LogP contribution in [0.5, 0.6) is 0 Å². The van der Waals surface area contributed by atoms with Gasteiger partial charge in [0.2, 0.25) is 0 Å². The molecule has 0 radical (unpaired) electrons. The molecule has 0 aromatic rings. The van der Waals surface area contributed by atoms with Gasteiger partial charge in [0.05, 0.1) is 0 Å². The van der Waals surface area contributed by atoms with E-state index in [9.17, 15) is 0 Å². The number of allylic oxidation sites excluding steroid dienone is 1. The van der Waals surface area contributed by atoms with Gasteiger partial charge in [-0.25, -0.2) is 0 Å². The van der Waals surface area contributed by atoms with E-state index in [1.165, 1.54) is 0 Å².